The summed E-state index contributed by atoms with van der Waals surface area (Å²) in [6, 6.07) is 1.06. The van der Waals surface area contributed by atoms with Crippen LogP contribution >= 0.6 is 0 Å². The molecule has 1 aliphatic heterocycles. The van der Waals surface area contributed by atoms with Gasteiger partial charge in [0.1, 0.15) is 0 Å². The minimum atomic E-state index is 0.414. The van der Waals surface area contributed by atoms with Crippen LogP contribution < -0.4 is 5.32 Å². The van der Waals surface area contributed by atoms with E-state index in [1.54, 1.807) is 0 Å². The quantitative estimate of drug-likeness (QED) is 0.629. The molecule has 0 bridgehead atoms. The fourth-order valence-corrected chi connectivity index (χ4v) is 1.68. The summed E-state index contributed by atoms with van der Waals surface area (Å²) < 4.78 is 0. The van der Waals surface area contributed by atoms with E-state index >= 15 is 0 Å². The van der Waals surface area contributed by atoms with Crippen molar-refractivity contribution in [1.82, 2.24) is 10.2 Å². The predicted octanol–water partition coefficient (Wildman–Crippen LogP) is 0.605. The van der Waals surface area contributed by atoms with Crippen LogP contribution in [0.2, 0.25) is 0 Å². The SMILES string of the molecule is CC(C)N1CCC(NC=O)CC1. The van der Waals surface area contributed by atoms with E-state index in [4.69, 9.17) is 0 Å². The van der Waals surface area contributed by atoms with Crippen molar-refractivity contribution < 1.29 is 4.79 Å². The second-order valence-corrected chi connectivity index (χ2v) is 3.69. The molecule has 1 fully saturated rings. The van der Waals surface area contributed by atoms with Crippen molar-refractivity contribution in [3.63, 3.8) is 0 Å². The number of rotatable bonds is 3. The molecule has 0 radical (unpaired) electrons. The summed E-state index contributed by atoms with van der Waals surface area (Å²) in [4.78, 5) is 12.6. The first kappa shape index (κ1) is 9.52. The molecule has 0 saturated carbocycles. The van der Waals surface area contributed by atoms with E-state index in [-0.39, 0.29) is 0 Å². The zero-order valence-corrected chi connectivity index (χ0v) is 7.92. The number of piperidine rings is 1. The molecule has 0 spiro atoms. The number of hydrogen-bond donors (Lipinski definition) is 1. The fraction of sp³-hybridized carbons (Fsp3) is 0.889. The van der Waals surface area contributed by atoms with E-state index in [2.05, 4.69) is 24.1 Å². The first-order valence-electron chi connectivity index (χ1n) is 4.67. The highest BCUT2D eigenvalue weighted by molar-refractivity contribution is 5.46. The van der Waals surface area contributed by atoms with Crippen LogP contribution in [0, 0.1) is 0 Å². The van der Waals surface area contributed by atoms with Crippen LogP contribution in [-0.2, 0) is 4.79 Å². The van der Waals surface area contributed by atoms with Crippen LogP contribution in [-0.4, -0.2) is 36.5 Å². The summed E-state index contributed by atoms with van der Waals surface area (Å²) in [7, 11) is 0. The van der Waals surface area contributed by atoms with E-state index in [1.165, 1.54) is 0 Å². The normalized spacial score (nSPS) is 21.2. The lowest BCUT2D eigenvalue weighted by Gasteiger charge is -2.34. The Morgan fingerprint density at radius 3 is 2.42 bits per heavy atom. The molecule has 3 heteroatoms. The van der Waals surface area contributed by atoms with Crippen molar-refractivity contribution >= 4 is 6.41 Å². The number of amides is 1. The van der Waals surface area contributed by atoms with Crippen LogP contribution in [0.5, 0.6) is 0 Å². The third kappa shape index (κ3) is 2.48. The Morgan fingerprint density at radius 1 is 1.42 bits per heavy atom. The number of carbonyl (C=O) groups excluding carboxylic acids is 1. The Hall–Kier alpha value is -0.570. The molecular weight excluding hydrogens is 152 g/mol. The molecule has 0 aromatic heterocycles. The lowest BCUT2D eigenvalue weighted by molar-refractivity contribution is -0.110. The van der Waals surface area contributed by atoms with Gasteiger partial charge in [-0.15, -0.1) is 0 Å². The summed E-state index contributed by atoms with van der Waals surface area (Å²) in [6.45, 7) is 6.66. The Kier molecular flexibility index (Phi) is 3.53. The molecule has 1 N–H and O–H groups in total. The van der Waals surface area contributed by atoms with Crippen LogP contribution in [0.4, 0.5) is 0 Å². The molecule has 1 aliphatic rings. The van der Waals surface area contributed by atoms with Crippen LogP contribution in [0.1, 0.15) is 26.7 Å². The van der Waals surface area contributed by atoms with Gasteiger partial charge in [0.15, 0.2) is 0 Å². The van der Waals surface area contributed by atoms with Gasteiger partial charge in [-0.3, -0.25) is 4.79 Å². The van der Waals surface area contributed by atoms with Gasteiger partial charge in [0, 0.05) is 25.2 Å². The molecule has 0 atom stereocenters. The highest BCUT2D eigenvalue weighted by Crippen LogP contribution is 2.12. The van der Waals surface area contributed by atoms with Gasteiger partial charge in [-0.25, -0.2) is 0 Å². The number of hydrogen-bond acceptors (Lipinski definition) is 2. The van der Waals surface area contributed by atoms with Crippen molar-refractivity contribution in [3.8, 4) is 0 Å². The Bertz CT molecular complexity index is 139. The highest BCUT2D eigenvalue weighted by Gasteiger charge is 2.19. The van der Waals surface area contributed by atoms with Gasteiger partial charge in [0.2, 0.25) is 6.41 Å². The third-order valence-electron chi connectivity index (χ3n) is 2.56. The van der Waals surface area contributed by atoms with E-state index in [1.807, 2.05) is 0 Å². The Labute approximate surface area is 74.1 Å². The lowest BCUT2D eigenvalue weighted by Crippen LogP contribution is -2.44. The van der Waals surface area contributed by atoms with Crippen molar-refractivity contribution in [1.29, 1.82) is 0 Å². The Balaban J connectivity index is 2.24. The topological polar surface area (TPSA) is 32.3 Å². The van der Waals surface area contributed by atoms with Crippen LogP contribution in [0.15, 0.2) is 0 Å². The predicted molar refractivity (Wildman–Crippen MR) is 48.9 cm³/mol. The molecule has 0 aromatic carbocycles. The average molecular weight is 170 g/mol. The highest BCUT2D eigenvalue weighted by atomic mass is 16.1. The maximum absolute atomic E-state index is 10.2. The van der Waals surface area contributed by atoms with E-state index in [0.717, 1.165) is 32.3 Å². The third-order valence-corrected chi connectivity index (χ3v) is 2.56. The fourth-order valence-electron chi connectivity index (χ4n) is 1.68. The van der Waals surface area contributed by atoms with Gasteiger partial charge in [-0.1, -0.05) is 0 Å². The molecule has 1 amide bonds. The average Bonchev–Trinajstić information content (AvgIpc) is 2.06. The molecule has 70 valence electrons. The first-order valence-corrected chi connectivity index (χ1v) is 4.67. The molecule has 0 unspecified atom stereocenters. The van der Waals surface area contributed by atoms with Crippen molar-refractivity contribution in [3.05, 3.63) is 0 Å². The second-order valence-electron chi connectivity index (χ2n) is 3.69. The molecule has 1 rings (SSSR count). The number of carbonyl (C=O) groups is 1. The van der Waals surface area contributed by atoms with Crippen LogP contribution in [0.3, 0.4) is 0 Å². The summed E-state index contributed by atoms with van der Waals surface area (Å²) in [5, 5.41) is 2.84. The van der Waals surface area contributed by atoms with Gasteiger partial charge >= 0.3 is 0 Å². The van der Waals surface area contributed by atoms with Gasteiger partial charge < -0.3 is 10.2 Å². The largest absolute Gasteiger partial charge is 0.356 e. The Morgan fingerprint density at radius 2 is 2.00 bits per heavy atom. The molecular formula is C9H18N2O. The molecule has 0 aliphatic carbocycles. The van der Waals surface area contributed by atoms with Gasteiger partial charge in [0.05, 0.1) is 0 Å². The zero-order chi connectivity index (χ0) is 8.97. The monoisotopic (exact) mass is 170 g/mol. The van der Waals surface area contributed by atoms with Gasteiger partial charge in [-0.2, -0.15) is 0 Å². The maximum atomic E-state index is 10.2. The minimum absolute atomic E-state index is 0.414. The molecule has 12 heavy (non-hydrogen) atoms. The smallest absolute Gasteiger partial charge is 0.207 e. The summed E-state index contributed by atoms with van der Waals surface area (Å²) in [5.74, 6) is 0. The summed E-state index contributed by atoms with van der Waals surface area (Å²) in [6.07, 6.45) is 3.00. The second kappa shape index (κ2) is 4.45. The van der Waals surface area contributed by atoms with Crippen molar-refractivity contribution in [2.24, 2.45) is 0 Å². The van der Waals surface area contributed by atoms with E-state index in [0.29, 0.717) is 12.1 Å². The van der Waals surface area contributed by atoms with Crippen molar-refractivity contribution in [2.75, 3.05) is 13.1 Å². The minimum Gasteiger partial charge on any atom is -0.356 e. The van der Waals surface area contributed by atoms with Gasteiger partial charge in [0.25, 0.3) is 0 Å². The zero-order valence-electron chi connectivity index (χ0n) is 7.92. The van der Waals surface area contributed by atoms with Crippen LogP contribution in [0.25, 0.3) is 0 Å². The lowest BCUT2D eigenvalue weighted by atomic mass is 10.0. The standard InChI is InChI=1S/C9H18N2O/c1-8(2)11-5-3-9(4-6-11)10-7-12/h7-9H,3-6H2,1-2H3,(H,10,12). The van der Waals surface area contributed by atoms with E-state index < -0.39 is 0 Å². The molecule has 0 aromatic rings. The number of nitrogens with one attached hydrogen (secondary N) is 1. The summed E-state index contributed by atoms with van der Waals surface area (Å²) in [5.41, 5.74) is 0. The molecule has 3 nitrogen and oxygen atoms in total. The number of likely N-dealkylation sites (tertiary alicyclic amines) is 1. The van der Waals surface area contributed by atoms with Gasteiger partial charge in [-0.05, 0) is 26.7 Å². The maximum Gasteiger partial charge on any atom is 0.207 e. The first-order chi connectivity index (χ1) is 5.74. The molecule has 1 heterocycles. The molecule has 1 saturated heterocycles. The van der Waals surface area contributed by atoms with Crippen molar-refractivity contribution in [2.45, 2.75) is 38.8 Å². The van der Waals surface area contributed by atoms with E-state index in [9.17, 15) is 4.79 Å². The number of nitrogens with zero attached hydrogens (tertiary/aromatic N) is 1. The summed E-state index contributed by atoms with van der Waals surface area (Å²) >= 11 is 0.